The smallest absolute Gasteiger partial charge is 0.338 e. The molecule has 198 valence electrons. The maximum atomic E-state index is 12.2. The largest absolute Gasteiger partial charge is 0.457 e. The van der Waals surface area contributed by atoms with Crippen LogP contribution in [-0.4, -0.2) is 23.9 Å². The molecular weight excluding hydrogens is 488 g/mol. The van der Waals surface area contributed by atoms with E-state index in [2.05, 4.69) is 26.3 Å². The zero-order chi connectivity index (χ0) is 28.6. The Morgan fingerprint density at radius 3 is 1.50 bits per heavy atom. The SMILES string of the molecule is C=C(C)C(=O)OCc1ccc(-c2cc(OC(=O)C(=C)C)cc(OC(=O)C(=C)C)c2)c(COC(=O)C(=C)C)c1. The Bertz CT molecular complexity index is 1300. The zero-order valence-corrected chi connectivity index (χ0v) is 22.0. The molecule has 2 rings (SSSR count). The zero-order valence-electron chi connectivity index (χ0n) is 22.0. The van der Waals surface area contributed by atoms with Gasteiger partial charge in [0.1, 0.15) is 24.7 Å². The van der Waals surface area contributed by atoms with Gasteiger partial charge in [-0.2, -0.15) is 0 Å². The van der Waals surface area contributed by atoms with Crippen LogP contribution >= 0.6 is 0 Å². The first-order valence-electron chi connectivity index (χ1n) is 11.5. The monoisotopic (exact) mass is 518 g/mol. The van der Waals surface area contributed by atoms with E-state index in [1.54, 1.807) is 37.3 Å². The van der Waals surface area contributed by atoms with Crippen LogP contribution in [0, 0.1) is 0 Å². The number of benzene rings is 2. The molecule has 2 aromatic rings. The van der Waals surface area contributed by atoms with Gasteiger partial charge < -0.3 is 18.9 Å². The fourth-order valence-electron chi connectivity index (χ4n) is 2.91. The van der Waals surface area contributed by atoms with Crippen molar-refractivity contribution in [2.24, 2.45) is 0 Å². The molecule has 8 nitrogen and oxygen atoms in total. The first-order valence-corrected chi connectivity index (χ1v) is 11.5. The Balaban J connectivity index is 2.58. The van der Waals surface area contributed by atoms with Crippen LogP contribution in [-0.2, 0) is 41.9 Å². The summed E-state index contributed by atoms with van der Waals surface area (Å²) in [5.41, 5.74) is 3.08. The summed E-state index contributed by atoms with van der Waals surface area (Å²) in [5, 5.41) is 0. The van der Waals surface area contributed by atoms with Crippen LogP contribution in [0.15, 0.2) is 85.0 Å². The molecule has 0 aliphatic rings. The lowest BCUT2D eigenvalue weighted by molar-refractivity contribution is -0.140. The van der Waals surface area contributed by atoms with E-state index in [1.165, 1.54) is 26.8 Å². The van der Waals surface area contributed by atoms with E-state index in [-0.39, 0.29) is 47.0 Å². The molecule has 0 aliphatic heterocycles. The number of esters is 4. The van der Waals surface area contributed by atoms with Gasteiger partial charge in [-0.15, -0.1) is 0 Å². The molecule has 0 bridgehead atoms. The third-order valence-corrected chi connectivity index (χ3v) is 4.90. The normalized spacial score (nSPS) is 10.1. The molecule has 0 fully saturated rings. The summed E-state index contributed by atoms with van der Waals surface area (Å²) in [6.45, 7) is 20.2. The van der Waals surface area contributed by atoms with E-state index in [9.17, 15) is 19.2 Å². The summed E-state index contributed by atoms with van der Waals surface area (Å²) in [4.78, 5) is 48.3. The molecule has 0 aliphatic carbocycles. The quantitative estimate of drug-likeness (QED) is 0.216. The minimum Gasteiger partial charge on any atom is -0.457 e. The first-order chi connectivity index (χ1) is 17.8. The highest BCUT2D eigenvalue weighted by molar-refractivity contribution is 5.91. The van der Waals surface area contributed by atoms with Gasteiger partial charge >= 0.3 is 23.9 Å². The molecule has 0 amide bonds. The summed E-state index contributed by atoms with van der Waals surface area (Å²) in [6, 6.07) is 9.67. The topological polar surface area (TPSA) is 105 Å². The van der Waals surface area contributed by atoms with Crippen molar-refractivity contribution in [3.8, 4) is 22.6 Å². The van der Waals surface area contributed by atoms with Crippen molar-refractivity contribution in [3.63, 3.8) is 0 Å². The van der Waals surface area contributed by atoms with Gasteiger partial charge in [0.25, 0.3) is 0 Å². The van der Waals surface area contributed by atoms with Crippen molar-refractivity contribution < 1.29 is 38.1 Å². The molecular formula is C30H30O8. The number of hydrogen-bond donors (Lipinski definition) is 0. The van der Waals surface area contributed by atoms with Gasteiger partial charge in [-0.05, 0) is 68.1 Å². The van der Waals surface area contributed by atoms with Crippen LogP contribution < -0.4 is 9.47 Å². The molecule has 0 heterocycles. The number of ether oxygens (including phenoxy) is 4. The first kappa shape index (κ1) is 29.5. The molecule has 0 atom stereocenters. The molecule has 0 unspecified atom stereocenters. The van der Waals surface area contributed by atoms with Crippen LogP contribution in [0.2, 0.25) is 0 Å². The molecule has 0 aromatic heterocycles. The van der Waals surface area contributed by atoms with E-state index in [0.29, 0.717) is 22.3 Å². The summed E-state index contributed by atoms with van der Waals surface area (Å²) >= 11 is 0. The summed E-state index contributed by atoms with van der Waals surface area (Å²) in [5.74, 6) is -2.25. The van der Waals surface area contributed by atoms with Gasteiger partial charge in [0.05, 0.1) is 0 Å². The van der Waals surface area contributed by atoms with Crippen molar-refractivity contribution >= 4 is 23.9 Å². The van der Waals surface area contributed by atoms with Crippen LogP contribution in [0.25, 0.3) is 11.1 Å². The van der Waals surface area contributed by atoms with Gasteiger partial charge in [0.2, 0.25) is 0 Å². The van der Waals surface area contributed by atoms with Crippen LogP contribution in [0.5, 0.6) is 11.5 Å². The highest BCUT2D eigenvalue weighted by atomic mass is 16.5. The predicted molar refractivity (Wildman–Crippen MR) is 142 cm³/mol. The lowest BCUT2D eigenvalue weighted by Crippen LogP contribution is -2.11. The average Bonchev–Trinajstić information content (AvgIpc) is 2.85. The Morgan fingerprint density at radius 2 is 1.05 bits per heavy atom. The average molecular weight is 519 g/mol. The predicted octanol–water partition coefficient (Wildman–Crippen LogP) is 5.56. The van der Waals surface area contributed by atoms with Crippen LogP contribution in [0.1, 0.15) is 38.8 Å². The number of carbonyl (C=O) groups excluding carboxylic acids is 4. The van der Waals surface area contributed by atoms with E-state index in [1.807, 2.05) is 0 Å². The van der Waals surface area contributed by atoms with E-state index >= 15 is 0 Å². The van der Waals surface area contributed by atoms with Gasteiger partial charge in [0.15, 0.2) is 0 Å². The van der Waals surface area contributed by atoms with Gasteiger partial charge in [-0.1, -0.05) is 38.4 Å². The summed E-state index contributed by atoms with van der Waals surface area (Å²) < 4.78 is 21.4. The standard InChI is InChI=1S/C30H30O8/c1-17(2)27(31)35-15-21-9-10-26(23(11-21)16-36-28(32)18(3)4)22-12-24(37-29(33)19(5)6)14-25(13-22)38-30(34)20(7)8/h9-14H,1,3,5,7,15-16H2,2,4,6,8H3. The summed E-state index contributed by atoms with van der Waals surface area (Å²) in [7, 11) is 0. The fourth-order valence-corrected chi connectivity index (χ4v) is 2.91. The second-order valence-corrected chi connectivity index (χ2v) is 8.74. The Kier molecular flexibility index (Phi) is 10.1. The molecule has 38 heavy (non-hydrogen) atoms. The second-order valence-electron chi connectivity index (χ2n) is 8.74. The van der Waals surface area contributed by atoms with Gasteiger partial charge in [-0.25, -0.2) is 19.2 Å². The van der Waals surface area contributed by atoms with Gasteiger partial charge in [0, 0.05) is 28.4 Å². The molecule has 0 radical (unpaired) electrons. The fraction of sp³-hybridized carbons (Fsp3) is 0.200. The van der Waals surface area contributed by atoms with E-state index in [4.69, 9.17) is 18.9 Å². The lowest BCUT2D eigenvalue weighted by atomic mass is 9.97. The third-order valence-electron chi connectivity index (χ3n) is 4.90. The lowest BCUT2D eigenvalue weighted by Gasteiger charge is -2.15. The molecule has 2 aromatic carbocycles. The van der Waals surface area contributed by atoms with Crippen LogP contribution in [0.4, 0.5) is 0 Å². The number of hydrogen-bond acceptors (Lipinski definition) is 8. The molecule has 0 saturated carbocycles. The summed E-state index contributed by atoms with van der Waals surface area (Å²) in [6.07, 6.45) is 0. The Hall–Kier alpha value is -4.72. The Morgan fingerprint density at radius 1 is 0.605 bits per heavy atom. The van der Waals surface area contributed by atoms with E-state index in [0.717, 1.165) is 0 Å². The maximum absolute atomic E-state index is 12.2. The third kappa shape index (κ3) is 8.44. The number of carbonyl (C=O) groups is 4. The van der Waals surface area contributed by atoms with E-state index < -0.39 is 23.9 Å². The maximum Gasteiger partial charge on any atom is 0.338 e. The van der Waals surface area contributed by atoms with Gasteiger partial charge in [-0.3, -0.25) is 0 Å². The molecule has 0 saturated heterocycles. The van der Waals surface area contributed by atoms with Crippen molar-refractivity contribution in [2.45, 2.75) is 40.9 Å². The van der Waals surface area contributed by atoms with Crippen LogP contribution in [0.3, 0.4) is 0 Å². The highest BCUT2D eigenvalue weighted by Crippen LogP contribution is 2.34. The minimum absolute atomic E-state index is 0.0366. The highest BCUT2D eigenvalue weighted by Gasteiger charge is 2.16. The second kappa shape index (κ2) is 13.0. The van der Waals surface area contributed by atoms with Crippen molar-refractivity contribution in [1.29, 1.82) is 0 Å². The molecule has 0 N–H and O–H groups in total. The molecule has 0 spiro atoms. The van der Waals surface area contributed by atoms with Crippen molar-refractivity contribution in [2.75, 3.05) is 0 Å². The Labute approximate surface area is 221 Å². The molecule has 8 heteroatoms. The number of rotatable bonds is 11. The van der Waals surface area contributed by atoms with Crippen molar-refractivity contribution in [3.05, 3.63) is 96.1 Å². The van der Waals surface area contributed by atoms with Crippen molar-refractivity contribution in [1.82, 2.24) is 0 Å². The minimum atomic E-state index is -0.662.